The molecule has 0 fully saturated rings. The summed E-state index contributed by atoms with van der Waals surface area (Å²) in [6, 6.07) is 4.44. The first-order valence-electron chi connectivity index (χ1n) is 7.68. The third kappa shape index (κ3) is 5.00. The van der Waals surface area contributed by atoms with Gasteiger partial charge >= 0.3 is 17.7 Å². The minimum atomic E-state index is -1.66. The van der Waals surface area contributed by atoms with E-state index in [-0.39, 0.29) is 17.9 Å². The molecule has 11 heteroatoms. The second-order valence-corrected chi connectivity index (χ2v) is 5.32. The highest BCUT2D eigenvalue weighted by molar-refractivity contribution is 6.37. The highest BCUT2D eigenvalue weighted by atomic mass is 16.8. The number of nitro benzene ring substituents is 1. The number of nitro groups is 1. The molecule has 0 bridgehead atoms. The van der Waals surface area contributed by atoms with Crippen LogP contribution in [0.4, 0.5) is 5.69 Å². The van der Waals surface area contributed by atoms with Crippen LogP contribution in [0.5, 0.6) is 0 Å². The van der Waals surface area contributed by atoms with E-state index in [1.807, 2.05) is 0 Å². The molecule has 0 saturated heterocycles. The lowest BCUT2D eigenvalue weighted by molar-refractivity contribution is -0.726. The van der Waals surface area contributed by atoms with Gasteiger partial charge in [-0.25, -0.2) is 4.79 Å². The van der Waals surface area contributed by atoms with Crippen molar-refractivity contribution in [2.75, 3.05) is 13.7 Å². The van der Waals surface area contributed by atoms with Crippen LogP contribution in [0.3, 0.4) is 0 Å². The zero-order valence-corrected chi connectivity index (χ0v) is 14.8. The number of esters is 2. The van der Waals surface area contributed by atoms with Gasteiger partial charge in [0, 0.05) is 17.0 Å². The number of carbonyl (C=O) groups excluding carboxylic acids is 3. The highest BCUT2D eigenvalue weighted by Gasteiger charge is 2.46. The summed E-state index contributed by atoms with van der Waals surface area (Å²) in [6.07, 6.45) is 0. The van der Waals surface area contributed by atoms with Gasteiger partial charge in [-0.15, -0.1) is 0 Å². The maximum atomic E-state index is 12.3. The zero-order valence-electron chi connectivity index (χ0n) is 14.8. The molecule has 1 rings (SSSR count). The van der Waals surface area contributed by atoms with Crippen molar-refractivity contribution in [1.29, 1.82) is 0 Å². The van der Waals surface area contributed by atoms with Gasteiger partial charge in [0.2, 0.25) is 0 Å². The number of nitrogens with zero attached hydrogens (tertiary/aromatic N) is 2. The van der Waals surface area contributed by atoms with E-state index >= 15 is 0 Å². The summed E-state index contributed by atoms with van der Waals surface area (Å²) in [5, 5.41) is 31.8. The Bertz CT molecular complexity index is 767. The maximum Gasteiger partial charge on any atom is 0.405 e. The van der Waals surface area contributed by atoms with Crippen molar-refractivity contribution >= 4 is 29.1 Å². The first-order chi connectivity index (χ1) is 12.6. The van der Waals surface area contributed by atoms with E-state index in [4.69, 9.17) is 4.74 Å². The summed E-state index contributed by atoms with van der Waals surface area (Å²) in [5.41, 5.74) is -1.22. The molecule has 27 heavy (non-hydrogen) atoms. The molecule has 1 N–H and O–H groups in total. The van der Waals surface area contributed by atoms with Gasteiger partial charge in [0.25, 0.3) is 5.69 Å². The van der Waals surface area contributed by atoms with Crippen LogP contribution in [-0.2, 0) is 23.9 Å². The first-order valence-corrected chi connectivity index (χ1v) is 7.68. The maximum absolute atomic E-state index is 12.3. The lowest BCUT2D eigenvalue weighted by Gasteiger charge is -2.21. The second kappa shape index (κ2) is 9.27. The Morgan fingerprint density at radius 3 is 2.11 bits per heavy atom. The van der Waals surface area contributed by atoms with Gasteiger partial charge in [-0.2, -0.15) is 0 Å². The molecule has 1 aromatic rings. The Labute approximate surface area is 153 Å². The average Bonchev–Trinajstić information content (AvgIpc) is 2.60. The predicted octanol–water partition coefficient (Wildman–Crippen LogP) is 0.960. The molecule has 1 aromatic carbocycles. The van der Waals surface area contributed by atoms with Crippen LogP contribution in [0.15, 0.2) is 24.3 Å². The van der Waals surface area contributed by atoms with Crippen molar-refractivity contribution in [2.45, 2.75) is 19.8 Å². The molecule has 0 aliphatic rings. The van der Waals surface area contributed by atoms with E-state index < -0.39 is 45.1 Å². The van der Waals surface area contributed by atoms with Crippen LogP contribution in [-0.4, -0.2) is 52.2 Å². The molecule has 0 heterocycles. The molecule has 11 nitrogen and oxygen atoms in total. The van der Waals surface area contributed by atoms with Gasteiger partial charge in [0.05, 0.1) is 18.6 Å². The third-order valence-electron chi connectivity index (χ3n) is 3.67. The summed E-state index contributed by atoms with van der Waals surface area (Å²) in [7, 11) is 0.936. The zero-order chi connectivity index (χ0) is 20.7. The van der Waals surface area contributed by atoms with Crippen LogP contribution in [0.2, 0.25) is 0 Å². The number of carbonyl (C=O) groups is 3. The number of hydrogen-bond donors (Lipinski definition) is 1. The van der Waals surface area contributed by atoms with Gasteiger partial charge in [-0.3, -0.25) is 24.9 Å². The Morgan fingerprint density at radius 2 is 1.74 bits per heavy atom. The number of methoxy groups -OCH3 is 1. The summed E-state index contributed by atoms with van der Waals surface area (Å²) in [6.45, 7) is 2.46. The fourth-order valence-corrected chi connectivity index (χ4v) is 2.51. The number of non-ortho nitro benzene ring substituents is 1. The molecular weight excluding hydrogens is 364 g/mol. The Kier molecular flexibility index (Phi) is 7.39. The van der Waals surface area contributed by atoms with Crippen molar-refractivity contribution in [1.82, 2.24) is 0 Å². The number of ether oxygens (including phenoxy) is 2. The Morgan fingerprint density at radius 1 is 1.19 bits per heavy atom. The van der Waals surface area contributed by atoms with Crippen molar-refractivity contribution in [3.8, 4) is 0 Å². The Balaban J connectivity index is 3.66. The quantitative estimate of drug-likeness (QED) is 0.131. The number of rotatable bonds is 8. The van der Waals surface area contributed by atoms with E-state index in [1.165, 1.54) is 6.92 Å². The van der Waals surface area contributed by atoms with Gasteiger partial charge < -0.3 is 14.7 Å². The van der Waals surface area contributed by atoms with Gasteiger partial charge in [0.15, 0.2) is 0 Å². The lowest BCUT2D eigenvalue weighted by atomic mass is 9.80. The molecule has 1 unspecified atom stereocenters. The SMILES string of the molecule is CCOC(=O)[C@H](C(C)=O)C(C(C(=O)OC)=[N+]([O-])O)c1ccc([N+](=O)[O-])cc1. The number of Topliss-reactive ketones (excluding diaryl/α,β-unsaturated/α-hetero) is 1. The molecule has 0 radical (unpaired) electrons. The van der Waals surface area contributed by atoms with E-state index in [9.17, 15) is 34.9 Å². The first kappa shape index (κ1) is 21.5. The van der Waals surface area contributed by atoms with Gasteiger partial charge in [-0.05, 0) is 19.4 Å². The van der Waals surface area contributed by atoms with Crippen LogP contribution in [0.1, 0.15) is 25.3 Å². The van der Waals surface area contributed by atoms with Crippen molar-refractivity contribution < 1.29 is 38.9 Å². The number of hydrogen-bond acceptors (Lipinski definition) is 9. The van der Waals surface area contributed by atoms with Gasteiger partial charge in [-0.1, -0.05) is 12.1 Å². The van der Waals surface area contributed by atoms with Crippen LogP contribution in [0.25, 0.3) is 0 Å². The molecule has 146 valence electrons. The lowest BCUT2D eigenvalue weighted by Crippen LogP contribution is -2.41. The van der Waals surface area contributed by atoms with Crippen LogP contribution in [0, 0.1) is 21.2 Å². The highest BCUT2D eigenvalue weighted by Crippen LogP contribution is 2.30. The molecule has 0 spiro atoms. The largest absolute Gasteiger partial charge is 0.465 e. The number of ketones is 1. The normalized spacial score (nSPS) is 13.7. The summed E-state index contributed by atoms with van der Waals surface area (Å²) < 4.78 is 9.30. The summed E-state index contributed by atoms with van der Waals surface area (Å²) in [5.74, 6) is -6.32. The van der Waals surface area contributed by atoms with Crippen molar-refractivity contribution in [3.63, 3.8) is 0 Å². The van der Waals surface area contributed by atoms with E-state index in [0.29, 0.717) is 0 Å². The van der Waals surface area contributed by atoms with Crippen LogP contribution < -0.4 is 0 Å². The molecule has 0 aromatic heterocycles. The monoisotopic (exact) mass is 382 g/mol. The summed E-state index contributed by atoms with van der Waals surface area (Å²) >= 11 is 0. The molecule has 0 aliphatic heterocycles. The second-order valence-electron chi connectivity index (χ2n) is 5.32. The smallest absolute Gasteiger partial charge is 0.405 e. The van der Waals surface area contributed by atoms with E-state index in [1.54, 1.807) is 0 Å². The topological polar surface area (TPSA) is 159 Å². The molecule has 0 amide bonds. The standard InChI is InChI=1S/C16H18N2O9/c1-4-27-15(20)12(9(2)19)13(14(18(24)25)16(21)26-3)10-5-7-11(8-6-10)17(22)23/h5-8,12-13H,4H2,1-3H3,(H,24,25)/t12-,13?/m1/s1. The average molecular weight is 382 g/mol. The van der Waals surface area contributed by atoms with E-state index in [0.717, 1.165) is 38.3 Å². The predicted molar refractivity (Wildman–Crippen MR) is 89.1 cm³/mol. The Hall–Kier alpha value is -3.50. The fraction of sp³-hybridized carbons (Fsp3) is 0.375. The number of benzene rings is 1. The van der Waals surface area contributed by atoms with Crippen LogP contribution >= 0.6 is 0 Å². The molecule has 0 aliphatic carbocycles. The molecular formula is C16H18N2O9. The van der Waals surface area contributed by atoms with Gasteiger partial charge in [0.1, 0.15) is 17.6 Å². The molecule has 2 atom stereocenters. The van der Waals surface area contributed by atoms with Crippen molar-refractivity contribution in [3.05, 3.63) is 45.2 Å². The third-order valence-corrected chi connectivity index (χ3v) is 3.67. The summed E-state index contributed by atoms with van der Waals surface area (Å²) in [4.78, 5) is 45.8. The fourth-order valence-electron chi connectivity index (χ4n) is 2.51. The van der Waals surface area contributed by atoms with Crippen molar-refractivity contribution in [2.24, 2.45) is 5.92 Å². The van der Waals surface area contributed by atoms with E-state index in [2.05, 4.69) is 4.74 Å². The minimum absolute atomic E-state index is 0.0177. The minimum Gasteiger partial charge on any atom is -0.465 e. The molecule has 0 saturated carbocycles.